The fourth-order valence-electron chi connectivity index (χ4n) is 1.89. The zero-order valence-corrected chi connectivity index (χ0v) is 11.1. The van der Waals surface area contributed by atoms with Gasteiger partial charge < -0.3 is 14.4 Å². The van der Waals surface area contributed by atoms with Gasteiger partial charge in [-0.25, -0.2) is 4.79 Å². The van der Waals surface area contributed by atoms with E-state index in [1.807, 2.05) is 0 Å². The van der Waals surface area contributed by atoms with Crippen LogP contribution >= 0.6 is 23.2 Å². The first-order valence-corrected chi connectivity index (χ1v) is 6.01. The predicted octanol–water partition coefficient (Wildman–Crippen LogP) is 3.29. The third-order valence-corrected chi connectivity index (χ3v) is 3.31. The molecule has 0 spiro atoms. The van der Waals surface area contributed by atoms with Gasteiger partial charge >= 0.3 is 5.97 Å². The molecular formula is C12H11Cl2NO3. The van der Waals surface area contributed by atoms with Gasteiger partial charge in [0, 0.05) is 25.2 Å². The minimum absolute atomic E-state index is 0.147. The van der Waals surface area contributed by atoms with Crippen LogP contribution in [0.15, 0.2) is 18.3 Å². The van der Waals surface area contributed by atoms with Crippen molar-refractivity contribution in [1.29, 1.82) is 0 Å². The van der Waals surface area contributed by atoms with Crippen LogP contribution in [-0.4, -0.2) is 29.4 Å². The minimum Gasteiger partial charge on any atom is -0.478 e. The second-order valence-corrected chi connectivity index (χ2v) is 4.60. The number of hydrogen-bond donors (Lipinski definition) is 1. The molecule has 0 radical (unpaired) electrons. The number of carboxylic acid groups (broad SMARTS) is 1. The van der Waals surface area contributed by atoms with Gasteiger partial charge in [-0.2, -0.15) is 0 Å². The zero-order valence-electron chi connectivity index (χ0n) is 9.61. The molecule has 0 aliphatic carbocycles. The van der Waals surface area contributed by atoms with Gasteiger partial charge in [0.15, 0.2) is 0 Å². The summed E-state index contributed by atoms with van der Waals surface area (Å²) < 4.78 is 6.74. The minimum atomic E-state index is -1.03. The van der Waals surface area contributed by atoms with Crippen LogP contribution in [-0.2, 0) is 11.3 Å². The van der Waals surface area contributed by atoms with Gasteiger partial charge in [0.2, 0.25) is 0 Å². The number of hydrogen-bond acceptors (Lipinski definition) is 2. The lowest BCUT2D eigenvalue weighted by Crippen LogP contribution is -2.03. The number of nitrogens with zero attached hydrogens (tertiary/aromatic N) is 1. The third kappa shape index (κ3) is 2.19. The number of carboxylic acids is 1. The van der Waals surface area contributed by atoms with Crippen molar-refractivity contribution in [3.05, 3.63) is 33.9 Å². The smallest absolute Gasteiger partial charge is 0.337 e. The fraction of sp³-hybridized carbons (Fsp3) is 0.250. The van der Waals surface area contributed by atoms with Crippen LogP contribution in [0.1, 0.15) is 10.4 Å². The van der Waals surface area contributed by atoms with Crippen LogP contribution in [0.4, 0.5) is 0 Å². The Bertz CT molecular complexity index is 607. The summed E-state index contributed by atoms with van der Waals surface area (Å²) in [5.41, 5.74) is 0.771. The molecule has 0 unspecified atom stereocenters. The summed E-state index contributed by atoms with van der Waals surface area (Å²) >= 11 is 12.2. The van der Waals surface area contributed by atoms with E-state index in [1.165, 1.54) is 6.20 Å². The number of ether oxygens (including phenoxy) is 1. The van der Waals surface area contributed by atoms with Gasteiger partial charge in [-0.15, -0.1) is 0 Å². The fourth-order valence-corrected chi connectivity index (χ4v) is 2.41. The first-order chi connectivity index (χ1) is 8.56. The largest absolute Gasteiger partial charge is 0.478 e. The highest BCUT2D eigenvalue weighted by molar-refractivity contribution is 6.41. The quantitative estimate of drug-likeness (QED) is 0.939. The van der Waals surface area contributed by atoms with E-state index in [1.54, 1.807) is 23.8 Å². The molecule has 0 aliphatic rings. The first-order valence-electron chi connectivity index (χ1n) is 5.25. The highest BCUT2D eigenvalue weighted by Gasteiger charge is 2.18. The lowest BCUT2D eigenvalue weighted by molar-refractivity contribution is 0.0698. The van der Waals surface area contributed by atoms with Crippen molar-refractivity contribution in [1.82, 2.24) is 4.57 Å². The standard InChI is InChI=1S/C12H11Cl2NO3/c1-18-5-4-15-6-7(12(16)17)10-8(13)2-3-9(14)11(10)15/h2-3,6H,4-5H2,1H3,(H,16,17). The summed E-state index contributed by atoms with van der Waals surface area (Å²) in [6, 6.07) is 3.25. The Kier molecular flexibility index (Phi) is 3.80. The van der Waals surface area contributed by atoms with Gasteiger partial charge in [0.05, 0.1) is 27.7 Å². The van der Waals surface area contributed by atoms with Crippen molar-refractivity contribution in [2.45, 2.75) is 6.54 Å². The Balaban J connectivity index is 2.72. The van der Waals surface area contributed by atoms with Gasteiger partial charge in [0.25, 0.3) is 0 Å². The molecule has 2 rings (SSSR count). The lowest BCUT2D eigenvalue weighted by Gasteiger charge is -2.06. The molecule has 1 aromatic carbocycles. The maximum atomic E-state index is 11.2. The van der Waals surface area contributed by atoms with Gasteiger partial charge in [-0.05, 0) is 12.1 Å². The van der Waals surface area contributed by atoms with Crippen molar-refractivity contribution in [3.8, 4) is 0 Å². The number of aromatic nitrogens is 1. The molecule has 2 aromatic rings. The van der Waals surface area contributed by atoms with Crippen LogP contribution in [0.5, 0.6) is 0 Å². The maximum absolute atomic E-state index is 11.2. The Hall–Kier alpha value is -1.23. The van der Waals surface area contributed by atoms with E-state index in [2.05, 4.69) is 0 Å². The SMILES string of the molecule is COCCn1cc(C(=O)O)c2c(Cl)ccc(Cl)c21. The zero-order chi connectivity index (χ0) is 13.3. The molecule has 1 N–H and O–H groups in total. The predicted molar refractivity (Wildman–Crippen MR) is 70.8 cm³/mol. The van der Waals surface area contributed by atoms with E-state index < -0.39 is 5.97 Å². The Morgan fingerprint density at radius 3 is 2.67 bits per heavy atom. The van der Waals surface area contributed by atoms with Crippen LogP contribution < -0.4 is 0 Å². The van der Waals surface area contributed by atoms with Gasteiger partial charge in [0.1, 0.15) is 0 Å². The van der Waals surface area contributed by atoms with Crippen molar-refractivity contribution in [2.24, 2.45) is 0 Å². The molecule has 0 aliphatic heterocycles. The summed E-state index contributed by atoms with van der Waals surface area (Å²) in [7, 11) is 1.58. The lowest BCUT2D eigenvalue weighted by atomic mass is 10.2. The molecule has 6 heteroatoms. The second-order valence-electron chi connectivity index (χ2n) is 3.79. The molecule has 0 saturated heterocycles. The molecule has 0 amide bonds. The summed E-state index contributed by atoms with van der Waals surface area (Å²) in [4.78, 5) is 11.2. The number of methoxy groups -OCH3 is 1. The molecule has 0 fully saturated rings. The molecular weight excluding hydrogens is 277 g/mol. The average Bonchev–Trinajstić information content (AvgIpc) is 2.72. The molecule has 1 heterocycles. The Morgan fingerprint density at radius 1 is 1.39 bits per heavy atom. The Morgan fingerprint density at radius 2 is 2.06 bits per heavy atom. The second kappa shape index (κ2) is 5.18. The number of halogens is 2. The van der Waals surface area contributed by atoms with Crippen molar-refractivity contribution < 1.29 is 14.6 Å². The summed E-state index contributed by atoms with van der Waals surface area (Å²) in [6.07, 6.45) is 1.53. The van der Waals surface area contributed by atoms with E-state index >= 15 is 0 Å². The normalized spacial score (nSPS) is 11.1. The number of rotatable bonds is 4. The average molecular weight is 288 g/mol. The van der Waals surface area contributed by atoms with Gasteiger partial charge in [-0.1, -0.05) is 23.2 Å². The van der Waals surface area contributed by atoms with Crippen molar-refractivity contribution in [3.63, 3.8) is 0 Å². The van der Waals surface area contributed by atoms with Crippen LogP contribution in [0, 0.1) is 0 Å². The molecule has 0 saturated carbocycles. The van der Waals surface area contributed by atoms with E-state index in [-0.39, 0.29) is 5.56 Å². The maximum Gasteiger partial charge on any atom is 0.337 e. The molecule has 96 valence electrons. The highest BCUT2D eigenvalue weighted by Crippen LogP contribution is 2.33. The van der Waals surface area contributed by atoms with Crippen LogP contribution in [0.2, 0.25) is 10.0 Å². The van der Waals surface area contributed by atoms with Crippen LogP contribution in [0.25, 0.3) is 10.9 Å². The first kappa shape index (κ1) is 13.2. The summed E-state index contributed by atoms with van der Waals surface area (Å²) in [6.45, 7) is 0.978. The molecule has 1 aromatic heterocycles. The Labute approximate surface area is 114 Å². The molecule has 0 bridgehead atoms. The van der Waals surface area contributed by atoms with Gasteiger partial charge in [-0.3, -0.25) is 0 Å². The molecule has 18 heavy (non-hydrogen) atoms. The molecule has 0 atom stereocenters. The summed E-state index contributed by atoms with van der Waals surface area (Å²) in [5.74, 6) is -1.03. The monoisotopic (exact) mass is 287 g/mol. The third-order valence-electron chi connectivity index (χ3n) is 2.69. The highest BCUT2D eigenvalue weighted by atomic mass is 35.5. The number of aromatic carboxylic acids is 1. The number of benzene rings is 1. The van der Waals surface area contributed by atoms with Crippen molar-refractivity contribution >= 4 is 40.1 Å². The van der Waals surface area contributed by atoms with E-state index in [4.69, 9.17) is 27.9 Å². The van der Waals surface area contributed by atoms with E-state index in [9.17, 15) is 9.90 Å². The topological polar surface area (TPSA) is 51.5 Å². The van der Waals surface area contributed by atoms with E-state index in [0.717, 1.165) is 0 Å². The number of carbonyl (C=O) groups is 1. The number of fused-ring (bicyclic) bond motifs is 1. The van der Waals surface area contributed by atoms with Crippen molar-refractivity contribution in [2.75, 3.05) is 13.7 Å². The summed E-state index contributed by atoms with van der Waals surface area (Å²) in [5, 5.41) is 10.5. The van der Waals surface area contributed by atoms with E-state index in [0.29, 0.717) is 34.1 Å². The molecule has 4 nitrogen and oxygen atoms in total. The van der Waals surface area contributed by atoms with Crippen LogP contribution in [0.3, 0.4) is 0 Å².